The highest BCUT2D eigenvalue weighted by atomic mass is 16.3. The van der Waals surface area contributed by atoms with Crippen molar-refractivity contribution in [2.24, 2.45) is 0 Å². The molecule has 0 atom stereocenters. The Morgan fingerprint density at radius 1 is 0.327 bits per heavy atom. The number of hydrogen-bond donors (Lipinski definition) is 0. The van der Waals surface area contributed by atoms with Crippen LogP contribution < -0.4 is 0 Å². The summed E-state index contributed by atoms with van der Waals surface area (Å²) in [7, 11) is 0. The smallest absolute Gasteiger partial charge is 0.227 e. The molecule has 0 aliphatic rings. The first kappa shape index (κ1) is 29.7. The van der Waals surface area contributed by atoms with Gasteiger partial charge in [0.25, 0.3) is 0 Å². The lowest BCUT2D eigenvalue weighted by molar-refractivity contribution is 0.620. The average Bonchev–Trinajstić information content (AvgIpc) is 3.83. The lowest BCUT2D eigenvalue weighted by Gasteiger charge is -2.08. The minimum Gasteiger partial charge on any atom is -0.455 e. The van der Waals surface area contributed by atoms with Crippen molar-refractivity contribution in [2.75, 3.05) is 0 Å². The zero-order valence-corrected chi connectivity index (χ0v) is 27.8. The van der Waals surface area contributed by atoms with Crippen LogP contribution in [0.15, 0.2) is 179 Å². The normalized spacial score (nSPS) is 11.5. The number of rotatable bonds is 6. The molecule has 7 aromatic carbocycles. The second-order valence-corrected chi connectivity index (χ2v) is 12.7. The zero-order chi connectivity index (χ0) is 34.4. The van der Waals surface area contributed by atoms with E-state index in [0.29, 0.717) is 23.4 Å². The Morgan fingerprint density at radius 3 is 1.54 bits per heavy atom. The van der Waals surface area contributed by atoms with Crippen LogP contribution in [0.2, 0.25) is 0 Å². The molecule has 0 saturated heterocycles. The van der Waals surface area contributed by atoms with Crippen molar-refractivity contribution >= 4 is 33.0 Å². The predicted molar refractivity (Wildman–Crippen MR) is 207 cm³/mol. The molecule has 10 rings (SSSR count). The molecular formula is C46H28N4O2. The Balaban J connectivity index is 1.08. The Bertz CT molecular complexity index is 2840. The highest BCUT2D eigenvalue weighted by Crippen LogP contribution is 2.40. The lowest BCUT2D eigenvalue weighted by Crippen LogP contribution is -2.00. The fraction of sp³-hybridized carbons (Fsp3) is 0. The van der Waals surface area contributed by atoms with Gasteiger partial charge in [0.05, 0.1) is 5.56 Å². The van der Waals surface area contributed by atoms with Gasteiger partial charge in [0.2, 0.25) is 5.89 Å². The Labute approximate surface area is 298 Å². The molecule has 0 unspecified atom stereocenters. The van der Waals surface area contributed by atoms with Gasteiger partial charge < -0.3 is 8.83 Å². The van der Waals surface area contributed by atoms with E-state index in [1.54, 1.807) is 0 Å². The molecule has 0 radical (unpaired) electrons. The van der Waals surface area contributed by atoms with Crippen molar-refractivity contribution in [1.29, 1.82) is 0 Å². The molecule has 6 heteroatoms. The quantitative estimate of drug-likeness (QED) is 0.175. The SMILES string of the molecule is c1ccc(-c2ccc3oc(-c4cccc(-c5cccc6c5oc5c(-c7nc(-c8ccccc8)nc(-c8ccccc8)n7)cccc56)c4)nc3c2)cc1. The van der Waals surface area contributed by atoms with Gasteiger partial charge in [-0.1, -0.05) is 140 Å². The third-order valence-corrected chi connectivity index (χ3v) is 9.38. The summed E-state index contributed by atoms with van der Waals surface area (Å²) in [6, 6.07) is 57.1. The van der Waals surface area contributed by atoms with Gasteiger partial charge in [-0.3, -0.25) is 0 Å². The standard InChI is InChI=1S/C46H28N4O2/c1-4-13-29(14-5-1)32-25-26-40-39(28-32)47-46(51-40)34-20-10-19-33(27-34)35-21-11-22-36-37-23-12-24-38(42(37)52-41(35)36)45-49-43(30-15-6-2-7-16-30)48-44(50-45)31-17-8-3-9-18-31/h1-28H. The topological polar surface area (TPSA) is 77.8 Å². The summed E-state index contributed by atoms with van der Waals surface area (Å²) in [5.41, 5.74) is 10.8. The molecule has 0 fully saturated rings. The molecule has 52 heavy (non-hydrogen) atoms. The Kier molecular flexibility index (Phi) is 7.03. The van der Waals surface area contributed by atoms with Crippen molar-refractivity contribution in [2.45, 2.75) is 0 Å². The number of oxazole rings is 1. The molecule has 0 aliphatic carbocycles. The second-order valence-electron chi connectivity index (χ2n) is 12.7. The van der Waals surface area contributed by atoms with E-state index < -0.39 is 0 Å². The van der Waals surface area contributed by atoms with Crippen molar-refractivity contribution in [3.8, 4) is 67.9 Å². The van der Waals surface area contributed by atoms with Gasteiger partial charge in [0.1, 0.15) is 16.7 Å². The van der Waals surface area contributed by atoms with Crippen molar-refractivity contribution in [1.82, 2.24) is 19.9 Å². The summed E-state index contributed by atoms with van der Waals surface area (Å²) in [5, 5.41) is 2.00. The first-order valence-electron chi connectivity index (χ1n) is 17.1. The van der Waals surface area contributed by atoms with Crippen molar-refractivity contribution in [3.05, 3.63) is 170 Å². The highest BCUT2D eigenvalue weighted by molar-refractivity contribution is 6.12. The van der Waals surface area contributed by atoms with Crippen LogP contribution in [-0.2, 0) is 0 Å². The maximum atomic E-state index is 6.82. The van der Waals surface area contributed by atoms with E-state index in [4.69, 9.17) is 28.8 Å². The second kappa shape index (κ2) is 12.3. The average molecular weight is 669 g/mol. The van der Waals surface area contributed by atoms with E-state index in [1.165, 1.54) is 0 Å². The summed E-state index contributed by atoms with van der Waals surface area (Å²) >= 11 is 0. The first-order chi connectivity index (χ1) is 25.7. The molecule has 0 amide bonds. The van der Waals surface area contributed by atoms with E-state index in [9.17, 15) is 0 Å². The van der Waals surface area contributed by atoms with Crippen LogP contribution in [0.4, 0.5) is 0 Å². The van der Waals surface area contributed by atoms with Crippen LogP contribution in [0, 0.1) is 0 Å². The molecule has 0 aliphatic heterocycles. The van der Waals surface area contributed by atoms with E-state index in [1.807, 2.05) is 109 Å². The maximum Gasteiger partial charge on any atom is 0.227 e. The number of benzene rings is 7. The van der Waals surface area contributed by atoms with Gasteiger partial charge in [-0.05, 0) is 47.0 Å². The molecule has 10 aromatic rings. The number of furan rings is 1. The summed E-state index contributed by atoms with van der Waals surface area (Å²) in [5.74, 6) is 2.32. The molecular weight excluding hydrogens is 641 g/mol. The minimum absolute atomic E-state index is 0.548. The third-order valence-electron chi connectivity index (χ3n) is 9.38. The van der Waals surface area contributed by atoms with Gasteiger partial charge in [-0.2, -0.15) is 0 Å². The molecule has 3 heterocycles. The van der Waals surface area contributed by atoms with Gasteiger partial charge in [-0.15, -0.1) is 0 Å². The van der Waals surface area contributed by atoms with Crippen LogP contribution in [0.25, 0.3) is 101 Å². The molecule has 0 N–H and O–H groups in total. The monoisotopic (exact) mass is 668 g/mol. The van der Waals surface area contributed by atoms with E-state index in [-0.39, 0.29) is 0 Å². The number of fused-ring (bicyclic) bond motifs is 4. The van der Waals surface area contributed by atoms with Crippen LogP contribution >= 0.6 is 0 Å². The Morgan fingerprint density at radius 2 is 0.865 bits per heavy atom. The summed E-state index contributed by atoms with van der Waals surface area (Å²) in [4.78, 5) is 19.7. The molecule has 6 nitrogen and oxygen atoms in total. The molecule has 0 bridgehead atoms. The highest BCUT2D eigenvalue weighted by Gasteiger charge is 2.20. The molecule has 3 aromatic heterocycles. The molecule has 0 saturated carbocycles. The van der Waals surface area contributed by atoms with Crippen molar-refractivity contribution in [3.63, 3.8) is 0 Å². The van der Waals surface area contributed by atoms with Crippen LogP contribution in [0.1, 0.15) is 0 Å². The fourth-order valence-corrected chi connectivity index (χ4v) is 6.83. The van der Waals surface area contributed by atoms with Crippen LogP contribution in [0.5, 0.6) is 0 Å². The van der Waals surface area contributed by atoms with Crippen LogP contribution in [-0.4, -0.2) is 19.9 Å². The lowest BCUT2D eigenvalue weighted by atomic mass is 10.00. The number of nitrogens with zero attached hydrogens (tertiary/aromatic N) is 4. The summed E-state index contributed by atoms with van der Waals surface area (Å²) < 4.78 is 13.1. The first-order valence-corrected chi connectivity index (χ1v) is 17.1. The van der Waals surface area contributed by atoms with Crippen molar-refractivity contribution < 1.29 is 8.83 Å². The third kappa shape index (κ3) is 5.22. The van der Waals surface area contributed by atoms with Crippen LogP contribution in [0.3, 0.4) is 0 Å². The maximum absolute atomic E-state index is 6.82. The van der Waals surface area contributed by atoms with Gasteiger partial charge >= 0.3 is 0 Å². The summed E-state index contributed by atoms with van der Waals surface area (Å²) in [6.07, 6.45) is 0. The van der Waals surface area contributed by atoms with E-state index >= 15 is 0 Å². The number of para-hydroxylation sites is 2. The van der Waals surface area contributed by atoms with Gasteiger partial charge in [0.15, 0.2) is 23.1 Å². The van der Waals surface area contributed by atoms with E-state index in [2.05, 4.69) is 60.7 Å². The Hall–Kier alpha value is -7.18. The van der Waals surface area contributed by atoms with Gasteiger partial charge in [0, 0.05) is 33.0 Å². The molecule has 244 valence electrons. The van der Waals surface area contributed by atoms with Gasteiger partial charge in [-0.25, -0.2) is 19.9 Å². The fourth-order valence-electron chi connectivity index (χ4n) is 6.83. The van der Waals surface area contributed by atoms with E-state index in [0.717, 1.165) is 77.5 Å². The molecule has 0 spiro atoms. The summed E-state index contributed by atoms with van der Waals surface area (Å²) in [6.45, 7) is 0. The number of hydrogen-bond acceptors (Lipinski definition) is 6. The minimum atomic E-state index is 0.548. The predicted octanol–water partition coefficient (Wildman–Crippen LogP) is 11.9. The number of aromatic nitrogens is 4. The largest absolute Gasteiger partial charge is 0.455 e. The zero-order valence-electron chi connectivity index (χ0n) is 27.8.